The van der Waals surface area contributed by atoms with Gasteiger partial charge in [-0.3, -0.25) is 4.79 Å². The molecule has 0 fully saturated rings. The number of guanidine groups is 1. The Morgan fingerprint density at radius 1 is 1.10 bits per heavy atom. The number of carbonyl (C=O) groups is 1. The average Bonchev–Trinajstić information content (AvgIpc) is 3.27. The number of amides is 1. The lowest BCUT2D eigenvalue weighted by atomic mass is 10.3. The Kier molecular flexibility index (Phi) is 12.9. The number of hydrogen-bond donors (Lipinski definition) is 3. The zero-order chi connectivity index (χ0) is 20.9. The van der Waals surface area contributed by atoms with Crippen LogP contribution in [0.2, 0.25) is 0 Å². The SMILES string of the molecule is CCNC(=NCC(C)Oc1ccccc1OC)NCCCNC(=O)c1cccs1.I. The lowest BCUT2D eigenvalue weighted by Gasteiger charge is -2.16. The first-order chi connectivity index (χ1) is 14.1. The van der Waals surface area contributed by atoms with Gasteiger partial charge in [0.2, 0.25) is 0 Å². The lowest BCUT2D eigenvalue weighted by molar-refractivity contribution is 0.0957. The number of methoxy groups -OCH3 is 1. The van der Waals surface area contributed by atoms with Crippen LogP contribution in [0.1, 0.15) is 29.9 Å². The summed E-state index contributed by atoms with van der Waals surface area (Å²) in [5, 5.41) is 11.3. The topological polar surface area (TPSA) is 84.0 Å². The molecule has 166 valence electrons. The van der Waals surface area contributed by atoms with E-state index in [1.54, 1.807) is 7.11 Å². The molecule has 1 aromatic heterocycles. The van der Waals surface area contributed by atoms with Gasteiger partial charge in [-0.1, -0.05) is 18.2 Å². The van der Waals surface area contributed by atoms with Crippen LogP contribution in [0.3, 0.4) is 0 Å². The Labute approximate surface area is 199 Å². The monoisotopic (exact) mass is 546 g/mol. The van der Waals surface area contributed by atoms with Crippen LogP contribution in [-0.2, 0) is 0 Å². The first-order valence-corrected chi connectivity index (χ1v) is 10.7. The van der Waals surface area contributed by atoms with E-state index in [1.807, 2.05) is 55.6 Å². The summed E-state index contributed by atoms with van der Waals surface area (Å²) in [6.07, 6.45) is 0.696. The van der Waals surface area contributed by atoms with Gasteiger partial charge in [-0.05, 0) is 43.8 Å². The van der Waals surface area contributed by atoms with Gasteiger partial charge in [-0.15, -0.1) is 35.3 Å². The molecule has 0 spiro atoms. The maximum atomic E-state index is 11.9. The first kappa shape index (κ1) is 26.0. The highest BCUT2D eigenvalue weighted by atomic mass is 127. The van der Waals surface area contributed by atoms with E-state index in [0.29, 0.717) is 31.1 Å². The largest absolute Gasteiger partial charge is 0.493 e. The molecule has 1 heterocycles. The van der Waals surface area contributed by atoms with Crippen molar-refractivity contribution in [2.75, 3.05) is 33.3 Å². The summed E-state index contributed by atoms with van der Waals surface area (Å²) in [7, 11) is 1.63. The molecule has 2 rings (SSSR count). The number of aliphatic imine (C=N–C) groups is 1. The van der Waals surface area contributed by atoms with Crippen molar-refractivity contribution < 1.29 is 14.3 Å². The van der Waals surface area contributed by atoms with Crippen LogP contribution >= 0.6 is 35.3 Å². The van der Waals surface area contributed by atoms with Gasteiger partial charge in [0.05, 0.1) is 18.5 Å². The molecule has 0 aliphatic heterocycles. The van der Waals surface area contributed by atoms with Crippen molar-refractivity contribution in [2.24, 2.45) is 4.99 Å². The summed E-state index contributed by atoms with van der Waals surface area (Å²) in [6, 6.07) is 11.3. The van der Waals surface area contributed by atoms with E-state index >= 15 is 0 Å². The molecule has 1 aromatic carbocycles. The van der Waals surface area contributed by atoms with Gasteiger partial charge in [0.25, 0.3) is 5.91 Å². The highest BCUT2D eigenvalue weighted by Gasteiger charge is 2.09. The van der Waals surface area contributed by atoms with Crippen molar-refractivity contribution in [3.63, 3.8) is 0 Å². The molecular formula is C21H31IN4O3S. The predicted octanol–water partition coefficient (Wildman–Crippen LogP) is 3.52. The van der Waals surface area contributed by atoms with Crippen molar-refractivity contribution in [2.45, 2.75) is 26.4 Å². The molecule has 0 aliphatic rings. The van der Waals surface area contributed by atoms with E-state index < -0.39 is 0 Å². The molecule has 7 nitrogen and oxygen atoms in total. The minimum absolute atomic E-state index is 0. The molecule has 0 aliphatic carbocycles. The normalized spacial score (nSPS) is 11.8. The predicted molar refractivity (Wildman–Crippen MR) is 134 cm³/mol. The van der Waals surface area contributed by atoms with Crippen molar-refractivity contribution in [3.8, 4) is 11.5 Å². The standard InChI is InChI=1S/C21H30N4O3S.HI/c1-4-22-21(24-13-8-12-23-20(26)19-11-7-14-29-19)25-15-16(2)28-18-10-6-5-9-17(18)27-3;/h5-7,9-11,14,16H,4,8,12-13,15H2,1-3H3,(H,23,26)(H2,22,24,25);1H. The summed E-state index contributed by atoms with van der Waals surface area (Å²) in [5.41, 5.74) is 0. The number of hydrogen-bond acceptors (Lipinski definition) is 5. The van der Waals surface area contributed by atoms with Crippen LogP contribution in [-0.4, -0.2) is 51.3 Å². The third kappa shape index (κ3) is 9.21. The number of nitrogens with one attached hydrogen (secondary N) is 3. The number of benzene rings is 1. The van der Waals surface area contributed by atoms with Crippen LogP contribution in [0.5, 0.6) is 11.5 Å². The van der Waals surface area contributed by atoms with Gasteiger partial charge in [0.1, 0.15) is 6.10 Å². The Morgan fingerprint density at radius 2 is 1.83 bits per heavy atom. The third-order valence-corrected chi connectivity index (χ3v) is 4.79. The van der Waals surface area contributed by atoms with E-state index in [1.165, 1.54) is 11.3 Å². The average molecular weight is 546 g/mol. The molecule has 0 bridgehead atoms. The van der Waals surface area contributed by atoms with E-state index in [4.69, 9.17) is 9.47 Å². The van der Waals surface area contributed by atoms with E-state index in [-0.39, 0.29) is 36.0 Å². The Balaban J connectivity index is 0.00000450. The summed E-state index contributed by atoms with van der Waals surface area (Å²) < 4.78 is 11.2. The first-order valence-electron chi connectivity index (χ1n) is 9.77. The highest BCUT2D eigenvalue weighted by Crippen LogP contribution is 2.26. The molecule has 9 heteroatoms. The second-order valence-electron chi connectivity index (χ2n) is 6.31. The fraction of sp³-hybridized carbons (Fsp3) is 0.429. The maximum Gasteiger partial charge on any atom is 0.261 e. The van der Waals surface area contributed by atoms with Gasteiger partial charge in [-0.2, -0.15) is 0 Å². The Hall–Kier alpha value is -2.01. The molecule has 1 atom stereocenters. The Morgan fingerprint density at radius 3 is 2.50 bits per heavy atom. The molecule has 0 saturated heterocycles. The highest BCUT2D eigenvalue weighted by molar-refractivity contribution is 14.0. The van der Waals surface area contributed by atoms with Crippen LogP contribution in [0, 0.1) is 0 Å². The minimum atomic E-state index is -0.105. The van der Waals surface area contributed by atoms with Gasteiger partial charge in [0, 0.05) is 19.6 Å². The Bertz CT molecular complexity index is 771. The summed E-state index contributed by atoms with van der Waals surface area (Å²) in [4.78, 5) is 17.2. The molecular weight excluding hydrogens is 515 g/mol. The second kappa shape index (κ2) is 14.9. The number of halogens is 1. The number of carbonyl (C=O) groups excluding carboxylic acids is 1. The number of nitrogens with zero attached hydrogens (tertiary/aromatic N) is 1. The van der Waals surface area contributed by atoms with Gasteiger partial charge in [0.15, 0.2) is 17.5 Å². The van der Waals surface area contributed by atoms with E-state index in [2.05, 4.69) is 20.9 Å². The maximum absolute atomic E-state index is 11.9. The summed E-state index contributed by atoms with van der Waals surface area (Å²) >= 11 is 1.44. The molecule has 3 N–H and O–H groups in total. The molecule has 2 aromatic rings. The molecule has 30 heavy (non-hydrogen) atoms. The fourth-order valence-corrected chi connectivity index (χ4v) is 3.16. The van der Waals surface area contributed by atoms with Crippen molar-refractivity contribution in [1.29, 1.82) is 0 Å². The molecule has 1 amide bonds. The van der Waals surface area contributed by atoms with Crippen LogP contribution in [0.15, 0.2) is 46.8 Å². The van der Waals surface area contributed by atoms with Crippen molar-refractivity contribution in [1.82, 2.24) is 16.0 Å². The summed E-state index contributed by atoms with van der Waals surface area (Å²) in [6.45, 7) is 6.58. The molecule has 0 saturated carbocycles. The smallest absolute Gasteiger partial charge is 0.261 e. The zero-order valence-electron chi connectivity index (χ0n) is 17.6. The lowest BCUT2D eigenvalue weighted by Crippen LogP contribution is -2.39. The zero-order valence-corrected chi connectivity index (χ0v) is 20.8. The third-order valence-electron chi connectivity index (χ3n) is 3.92. The van der Waals surface area contributed by atoms with Crippen molar-refractivity contribution >= 4 is 47.2 Å². The number of para-hydroxylation sites is 2. The van der Waals surface area contributed by atoms with Crippen LogP contribution in [0.4, 0.5) is 0 Å². The summed E-state index contributed by atoms with van der Waals surface area (Å²) in [5.74, 6) is 2.12. The number of ether oxygens (including phenoxy) is 2. The van der Waals surface area contributed by atoms with Crippen LogP contribution < -0.4 is 25.4 Å². The quantitative estimate of drug-likeness (QED) is 0.174. The van der Waals surface area contributed by atoms with E-state index in [0.717, 1.165) is 23.8 Å². The van der Waals surface area contributed by atoms with Gasteiger partial charge in [-0.25, -0.2) is 4.99 Å². The molecule has 1 unspecified atom stereocenters. The van der Waals surface area contributed by atoms with Crippen LogP contribution in [0.25, 0.3) is 0 Å². The van der Waals surface area contributed by atoms with Gasteiger partial charge < -0.3 is 25.4 Å². The number of rotatable bonds is 11. The molecule has 0 radical (unpaired) electrons. The van der Waals surface area contributed by atoms with Crippen molar-refractivity contribution in [3.05, 3.63) is 46.7 Å². The minimum Gasteiger partial charge on any atom is -0.493 e. The second-order valence-corrected chi connectivity index (χ2v) is 7.26. The van der Waals surface area contributed by atoms with E-state index in [9.17, 15) is 4.79 Å². The fourth-order valence-electron chi connectivity index (χ4n) is 2.52. The number of thiophene rings is 1. The van der Waals surface area contributed by atoms with Gasteiger partial charge >= 0.3 is 0 Å².